The molecule has 31 heavy (non-hydrogen) atoms. The minimum absolute atomic E-state index is 0.0346. The number of carbonyl (C=O) groups is 2. The third kappa shape index (κ3) is 5.42. The van der Waals surface area contributed by atoms with Gasteiger partial charge in [0, 0.05) is 43.6 Å². The summed E-state index contributed by atoms with van der Waals surface area (Å²) >= 11 is 1.47. The zero-order valence-corrected chi connectivity index (χ0v) is 19.6. The van der Waals surface area contributed by atoms with E-state index in [-0.39, 0.29) is 29.1 Å². The molecule has 0 aromatic carbocycles. The summed E-state index contributed by atoms with van der Waals surface area (Å²) in [4.78, 5) is 45.2. The molecule has 1 aliphatic carbocycles. The van der Waals surface area contributed by atoms with Crippen molar-refractivity contribution in [1.82, 2.24) is 19.8 Å². The van der Waals surface area contributed by atoms with Crippen LogP contribution in [0, 0.1) is 5.92 Å². The average molecular weight is 445 g/mol. The number of thiazole rings is 1. The number of nitrogens with zero attached hydrogens (tertiary/aromatic N) is 3. The van der Waals surface area contributed by atoms with Crippen molar-refractivity contribution in [1.29, 1.82) is 0 Å². The van der Waals surface area contributed by atoms with Crippen LogP contribution in [0.2, 0.25) is 0 Å². The SMILES string of the molecule is CC(C)CNC(=O)c1cn(C2CCCCC2)cc(C(=O)N(C)[C@H](C)c2nccs2)c1=O. The van der Waals surface area contributed by atoms with Gasteiger partial charge < -0.3 is 14.8 Å². The molecule has 1 atom stereocenters. The zero-order chi connectivity index (χ0) is 22.5. The second-order valence-electron chi connectivity index (χ2n) is 8.72. The Morgan fingerprint density at radius 2 is 1.87 bits per heavy atom. The molecule has 8 heteroatoms. The van der Waals surface area contributed by atoms with Crippen molar-refractivity contribution in [2.45, 2.75) is 65.0 Å². The fraction of sp³-hybridized carbons (Fsp3) is 0.565. The monoisotopic (exact) mass is 444 g/mol. The van der Waals surface area contributed by atoms with Crippen molar-refractivity contribution in [2.24, 2.45) is 5.92 Å². The molecule has 0 bridgehead atoms. The number of pyridine rings is 1. The van der Waals surface area contributed by atoms with Gasteiger partial charge in [0.15, 0.2) is 0 Å². The molecule has 2 aromatic rings. The van der Waals surface area contributed by atoms with Crippen molar-refractivity contribution >= 4 is 23.2 Å². The summed E-state index contributed by atoms with van der Waals surface area (Å²) in [6, 6.07) is -0.0762. The Kier molecular flexibility index (Phi) is 7.64. The number of hydrogen-bond acceptors (Lipinski definition) is 5. The van der Waals surface area contributed by atoms with Crippen molar-refractivity contribution in [2.75, 3.05) is 13.6 Å². The van der Waals surface area contributed by atoms with E-state index >= 15 is 0 Å². The molecule has 2 heterocycles. The smallest absolute Gasteiger partial charge is 0.259 e. The van der Waals surface area contributed by atoms with Crippen LogP contribution >= 0.6 is 11.3 Å². The molecule has 1 N–H and O–H groups in total. The predicted octanol–water partition coefficient (Wildman–Crippen LogP) is 4.03. The van der Waals surface area contributed by atoms with E-state index < -0.39 is 17.2 Å². The fourth-order valence-corrected chi connectivity index (χ4v) is 4.60. The number of rotatable bonds is 7. The van der Waals surface area contributed by atoms with Gasteiger partial charge in [0.25, 0.3) is 11.8 Å². The van der Waals surface area contributed by atoms with Crippen molar-refractivity contribution in [3.8, 4) is 0 Å². The van der Waals surface area contributed by atoms with Crippen LogP contribution in [-0.2, 0) is 0 Å². The Balaban J connectivity index is 1.98. The molecule has 7 nitrogen and oxygen atoms in total. The van der Waals surface area contributed by atoms with Crippen LogP contribution in [0.5, 0.6) is 0 Å². The number of amides is 2. The summed E-state index contributed by atoms with van der Waals surface area (Å²) in [6.45, 7) is 6.35. The summed E-state index contributed by atoms with van der Waals surface area (Å²) in [6.07, 6.45) is 10.3. The largest absolute Gasteiger partial charge is 0.352 e. The van der Waals surface area contributed by atoms with Gasteiger partial charge in [0.2, 0.25) is 5.43 Å². The first-order valence-corrected chi connectivity index (χ1v) is 11.9. The first-order chi connectivity index (χ1) is 14.8. The van der Waals surface area contributed by atoms with E-state index in [0.717, 1.165) is 30.7 Å². The third-order valence-electron chi connectivity index (χ3n) is 5.90. The van der Waals surface area contributed by atoms with Gasteiger partial charge in [0.05, 0.1) is 6.04 Å². The highest BCUT2D eigenvalue weighted by Gasteiger charge is 2.27. The minimum atomic E-state index is -0.517. The van der Waals surface area contributed by atoms with Crippen LogP contribution in [-0.4, -0.2) is 39.9 Å². The van der Waals surface area contributed by atoms with Crippen LogP contribution < -0.4 is 10.7 Å². The lowest BCUT2D eigenvalue weighted by molar-refractivity contribution is 0.0740. The lowest BCUT2D eigenvalue weighted by atomic mass is 9.95. The van der Waals surface area contributed by atoms with Gasteiger partial charge in [0.1, 0.15) is 16.1 Å². The van der Waals surface area contributed by atoms with Gasteiger partial charge in [-0.15, -0.1) is 11.3 Å². The Morgan fingerprint density at radius 3 is 2.48 bits per heavy atom. The van der Waals surface area contributed by atoms with E-state index in [2.05, 4.69) is 10.3 Å². The molecule has 0 saturated heterocycles. The van der Waals surface area contributed by atoms with Crippen molar-refractivity contribution < 1.29 is 9.59 Å². The van der Waals surface area contributed by atoms with Crippen LogP contribution in [0.15, 0.2) is 28.8 Å². The Morgan fingerprint density at radius 1 is 1.19 bits per heavy atom. The summed E-state index contributed by atoms with van der Waals surface area (Å²) < 4.78 is 1.92. The van der Waals surface area contributed by atoms with Gasteiger partial charge in [-0.25, -0.2) is 4.98 Å². The molecule has 0 aliphatic heterocycles. The minimum Gasteiger partial charge on any atom is -0.352 e. The Hall–Kier alpha value is -2.48. The molecule has 1 aliphatic rings. The normalized spacial score (nSPS) is 15.6. The predicted molar refractivity (Wildman–Crippen MR) is 123 cm³/mol. The molecular weight excluding hydrogens is 412 g/mol. The molecule has 0 radical (unpaired) electrons. The standard InChI is InChI=1S/C23H32N4O3S/c1-15(2)12-25-21(29)18-13-27(17-8-6-5-7-9-17)14-19(20(18)28)23(30)26(4)16(3)22-24-10-11-31-22/h10-11,13-17H,5-9,12H2,1-4H3,(H,25,29)/t16-/m1/s1. The molecule has 2 amide bonds. The molecule has 168 valence electrons. The van der Waals surface area contributed by atoms with Crippen LogP contribution in [0.1, 0.15) is 90.7 Å². The van der Waals surface area contributed by atoms with E-state index in [1.165, 1.54) is 22.7 Å². The van der Waals surface area contributed by atoms with E-state index in [0.29, 0.717) is 6.54 Å². The lowest BCUT2D eigenvalue weighted by Gasteiger charge is -2.27. The molecule has 0 unspecified atom stereocenters. The first-order valence-electron chi connectivity index (χ1n) is 11.0. The maximum atomic E-state index is 13.3. The first kappa shape index (κ1) is 23.2. The summed E-state index contributed by atoms with van der Waals surface area (Å²) in [7, 11) is 1.67. The molecule has 0 spiro atoms. The molecule has 1 fully saturated rings. The summed E-state index contributed by atoms with van der Waals surface area (Å²) in [5.74, 6) is -0.552. The van der Waals surface area contributed by atoms with E-state index in [4.69, 9.17) is 0 Å². The van der Waals surface area contributed by atoms with Crippen LogP contribution in [0.4, 0.5) is 0 Å². The maximum Gasteiger partial charge on any atom is 0.259 e. The summed E-state index contributed by atoms with van der Waals surface area (Å²) in [5, 5.41) is 5.49. The molecular formula is C23H32N4O3S. The van der Waals surface area contributed by atoms with Crippen LogP contribution in [0.3, 0.4) is 0 Å². The second kappa shape index (κ2) is 10.2. The molecule has 2 aromatic heterocycles. The molecule has 3 rings (SSSR count). The topological polar surface area (TPSA) is 84.3 Å². The highest BCUT2D eigenvalue weighted by molar-refractivity contribution is 7.09. The second-order valence-corrected chi connectivity index (χ2v) is 9.65. The average Bonchev–Trinajstić information content (AvgIpc) is 3.31. The number of nitrogens with one attached hydrogen (secondary N) is 1. The third-order valence-corrected chi connectivity index (χ3v) is 6.84. The van der Waals surface area contributed by atoms with E-state index in [9.17, 15) is 14.4 Å². The van der Waals surface area contributed by atoms with Crippen LogP contribution in [0.25, 0.3) is 0 Å². The number of aromatic nitrogens is 2. The van der Waals surface area contributed by atoms with Gasteiger partial charge in [-0.3, -0.25) is 14.4 Å². The number of carbonyl (C=O) groups excluding carboxylic acids is 2. The summed E-state index contributed by atoms with van der Waals surface area (Å²) in [5.41, 5.74) is -0.447. The van der Waals surface area contributed by atoms with Crippen molar-refractivity contribution in [3.63, 3.8) is 0 Å². The van der Waals surface area contributed by atoms with Gasteiger partial charge >= 0.3 is 0 Å². The van der Waals surface area contributed by atoms with Crippen molar-refractivity contribution in [3.05, 3.63) is 50.3 Å². The van der Waals surface area contributed by atoms with Gasteiger partial charge in [-0.1, -0.05) is 33.1 Å². The Labute approximate surface area is 187 Å². The Bertz CT molecular complexity index is 962. The van der Waals surface area contributed by atoms with E-state index in [1.807, 2.05) is 30.7 Å². The fourth-order valence-electron chi connectivity index (χ4n) is 3.87. The molecule has 1 saturated carbocycles. The number of hydrogen-bond donors (Lipinski definition) is 1. The lowest BCUT2D eigenvalue weighted by Crippen LogP contribution is -2.38. The highest BCUT2D eigenvalue weighted by atomic mass is 32.1. The van der Waals surface area contributed by atoms with E-state index in [1.54, 1.807) is 25.6 Å². The highest BCUT2D eigenvalue weighted by Crippen LogP contribution is 2.28. The quantitative estimate of drug-likeness (QED) is 0.699. The zero-order valence-electron chi connectivity index (χ0n) is 18.8. The van der Waals surface area contributed by atoms with Gasteiger partial charge in [-0.05, 0) is 25.7 Å². The van der Waals surface area contributed by atoms with Gasteiger partial charge in [-0.2, -0.15) is 0 Å². The maximum absolute atomic E-state index is 13.3.